The Kier molecular flexibility index (Phi) is 3.59. The molecule has 2 aromatic rings. The van der Waals surface area contributed by atoms with E-state index in [4.69, 9.17) is 10.00 Å². The van der Waals surface area contributed by atoms with Crippen molar-refractivity contribution in [1.29, 1.82) is 5.26 Å². The molecule has 0 saturated heterocycles. The molecule has 1 heterocycles. The van der Waals surface area contributed by atoms with Crippen molar-refractivity contribution in [2.75, 3.05) is 0 Å². The van der Waals surface area contributed by atoms with E-state index in [1.54, 1.807) is 12.3 Å². The second-order valence-electron chi connectivity index (χ2n) is 3.98. The van der Waals surface area contributed by atoms with E-state index in [1.165, 1.54) is 0 Å². The van der Waals surface area contributed by atoms with Crippen LogP contribution in [0, 0.1) is 18.3 Å². The summed E-state index contributed by atoms with van der Waals surface area (Å²) in [5.74, 6) is 1.13. The van der Waals surface area contributed by atoms with Crippen LogP contribution >= 0.6 is 0 Å². The first-order chi connectivity index (χ1) is 8.76. The van der Waals surface area contributed by atoms with E-state index < -0.39 is 0 Å². The lowest BCUT2D eigenvalue weighted by Crippen LogP contribution is -1.96. The van der Waals surface area contributed by atoms with Gasteiger partial charge in [-0.05, 0) is 36.6 Å². The van der Waals surface area contributed by atoms with Gasteiger partial charge in [0.15, 0.2) is 0 Å². The molecule has 1 aromatic heterocycles. The summed E-state index contributed by atoms with van der Waals surface area (Å²) in [6.07, 6.45) is 2.53. The average Bonchev–Trinajstić information content (AvgIpc) is 2.40. The SMILES string of the molecule is CCc1ccccc1Oc1nccc(C)c1C#N. The van der Waals surface area contributed by atoms with E-state index in [0.717, 1.165) is 23.3 Å². The van der Waals surface area contributed by atoms with Crippen LogP contribution in [0.1, 0.15) is 23.6 Å². The van der Waals surface area contributed by atoms with Gasteiger partial charge in [-0.3, -0.25) is 0 Å². The van der Waals surface area contributed by atoms with Crippen molar-refractivity contribution in [1.82, 2.24) is 4.98 Å². The standard InChI is InChI=1S/C15H14N2O/c1-3-12-6-4-5-7-14(12)18-15-13(10-16)11(2)8-9-17-15/h4-9H,3H2,1-2H3. The van der Waals surface area contributed by atoms with Crippen LogP contribution in [-0.4, -0.2) is 4.98 Å². The second kappa shape index (κ2) is 5.33. The van der Waals surface area contributed by atoms with Gasteiger partial charge in [0.25, 0.3) is 0 Å². The molecule has 3 nitrogen and oxygen atoms in total. The van der Waals surface area contributed by atoms with Crippen molar-refractivity contribution in [3.8, 4) is 17.7 Å². The van der Waals surface area contributed by atoms with Gasteiger partial charge >= 0.3 is 0 Å². The fourth-order valence-corrected chi connectivity index (χ4v) is 1.75. The Morgan fingerprint density at radius 2 is 2.06 bits per heavy atom. The van der Waals surface area contributed by atoms with Crippen molar-refractivity contribution >= 4 is 0 Å². The zero-order valence-electron chi connectivity index (χ0n) is 10.5. The fraction of sp³-hybridized carbons (Fsp3) is 0.200. The predicted octanol–water partition coefficient (Wildman–Crippen LogP) is 3.62. The van der Waals surface area contributed by atoms with Crippen molar-refractivity contribution in [3.05, 3.63) is 53.2 Å². The van der Waals surface area contributed by atoms with Crippen LogP contribution in [-0.2, 0) is 6.42 Å². The molecule has 0 unspecified atom stereocenters. The number of hydrogen-bond acceptors (Lipinski definition) is 3. The number of benzene rings is 1. The fourth-order valence-electron chi connectivity index (χ4n) is 1.75. The molecule has 0 spiro atoms. The van der Waals surface area contributed by atoms with Crippen LogP contribution in [0.4, 0.5) is 0 Å². The topological polar surface area (TPSA) is 45.9 Å². The van der Waals surface area contributed by atoms with Gasteiger partial charge < -0.3 is 4.74 Å². The molecule has 0 aliphatic heterocycles. The van der Waals surface area contributed by atoms with Gasteiger partial charge in [0.1, 0.15) is 17.4 Å². The van der Waals surface area contributed by atoms with Crippen LogP contribution < -0.4 is 4.74 Å². The molecule has 0 saturated carbocycles. The summed E-state index contributed by atoms with van der Waals surface area (Å²) in [6.45, 7) is 3.94. The molecule has 2 rings (SSSR count). The van der Waals surface area contributed by atoms with Gasteiger partial charge in [-0.15, -0.1) is 0 Å². The van der Waals surface area contributed by atoms with Crippen LogP contribution in [0.3, 0.4) is 0 Å². The summed E-state index contributed by atoms with van der Waals surface area (Å²) >= 11 is 0. The number of pyridine rings is 1. The van der Waals surface area contributed by atoms with E-state index in [2.05, 4.69) is 18.0 Å². The maximum Gasteiger partial charge on any atom is 0.237 e. The van der Waals surface area contributed by atoms with Gasteiger partial charge in [0, 0.05) is 6.20 Å². The molecule has 18 heavy (non-hydrogen) atoms. The lowest BCUT2D eigenvalue weighted by atomic mass is 10.1. The van der Waals surface area contributed by atoms with Crippen LogP contribution in [0.25, 0.3) is 0 Å². The molecule has 90 valence electrons. The van der Waals surface area contributed by atoms with Gasteiger partial charge in [-0.25, -0.2) is 4.98 Å². The summed E-state index contributed by atoms with van der Waals surface area (Å²) in [5.41, 5.74) is 2.46. The quantitative estimate of drug-likeness (QED) is 0.820. The van der Waals surface area contributed by atoms with E-state index in [1.807, 2.05) is 31.2 Å². The Labute approximate surface area is 107 Å². The molecule has 1 aromatic carbocycles. The summed E-state index contributed by atoms with van der Waals surface area (Å²) in [4.78, 5) is 4.14. The number of nitrogens with zero attached hydrogens (tertiary/aromatic N) is 2. The number of nitriles is 1. The summed E-state index contributed by atoms with van der Waals surface area (Å²) in [7, 11) is 0. The number of para-hydroxylation sites is 1. The third-order valence-electron chi connectivity index (χ3n) is 2.80. The molecule has 0 radical (unpaired) electrons. The molecule has 0 amide bonds. The molecule has 0 N–H and O–H groups in total. The third-order valence-corrected chi connectivity index (χ3v) is 2.80. The lowest BCUT2D eigenvalue weighted by Gasteiger charge is -2.10. The van der Waals surface area contributed by atoms with Crippen LogP contribution in [0.5, 0.6) is 11.6 Å². The Balaban J connectivity index is 2.41. The number of aromatic nitrogens is 1. The highest BCUT2D eigenvalue weighted by Crippen LogP contribution is 2.27. The minimum absolute atomic E-state index is 0.374. The number of ether oxygens (including phenoxy) is 1. The highest BCUT2D eigenvalue weighted by molar-refractivity contribution is 5.46. The first kappa shape index (κ1) is 12.1. The van der Waals surface area contributed by atoms with Crippen LogP contribution in [0.15, 0.2) is 36.5 Å². The maximum absolute atomic E-state index is 9.13. The first-order valence-corrected chi connectivity index (χ1v) is 5.87. The average molecular weight is 238 g/mol. The molecule has 0 aliphatic rings. The monoisotopic (exact) mass is 238 g/mol. The van der Waals surface area contributed by atoms with Crippen LogP contribution in [0.2, 0.25) is 0 Å². The largest absolute Gasteiger partial charge is 0.437 e. The summed E-state index contributed by atoms with van der Waals surface area (Å²) < 4.78 is 5.77. The summed E-state index contributed by atoms with van der Waals surface area (Å²) in [5, 5.41) is 9.13. The molecular formula is C15H14N2O. The van der Waals surface area contributed by atoms with Crippen molar-refractivity contribution in [2.24, 2.45) is 0 Å². The second-order valence-corrected chi connectivity index (χ2v) is 3.98. The molecule has 0 fully saturated rings. The zero-order chi connectivity index (χ0) is 13.0. The number of aryl methyl sites for hydroxylation is 2. The Bertz CT molecular complexity index is 600. The van der Waals surface area contributed by atoms with Gasteiger partial charge in [-0.1, -0.05) is 25.1 Å². The number of rotatable bonds is 3. The molecule has 0 bridgehead atoms. The number of hydrogen-bond donors (Lipinski definition) is 0. The smallest absolute Gasteiger partial charge is 0.237 e. The van der Waals surface area contributed by atoms with Crippen molar-refractivity contribution < 1.29 is 4.74 Å². The highest BCUT2D eigenvalue weighted by atomic mass is 16.5. The van der Waals surface area contributed by atoms with Crippen molar-refractivity contribution in [2.45, 2.75) is 20.3 Å². The lowest BCUT2D eigenvalue weighted by molar-refractivity contribution is 0.455. The summed E-state index contributed by atoms with van der Waals surface area (Å²) in [6, 6.07) is 11.7. The molecular weight excluding hydrogens is 224 g/mol. The minimum atomic E-state index is 0.374. The zero-order valence-corrected chi connectivity index (χ0v) is 10.5. The van der Waals surface area contributed by atoms with Gasteiger partial charge in [-0.2, -0.15) is 5.26 Å². The predicted molar refractivity (Wildman–Crippen MR) is 69.6 cm³/mol. The maximum atomic E-state index is 9.13. The molecule has 3 heteroatoms. The Morgan fingerprint density at radius 3 is 2.78 bits per heavy atom. The van der Waals surface area contributed by atoms with E-state index in [0.29, 0.717) is 11.4 Å². The molecule has 0 atom stereocenters. The highest BCUT2D eigenvalue weighted by Gasteiger charge is 2.10. The molecule has 0 aliphatic carbocycles. The normalized spacial score (nSPS) is 9.83. The Hall–Kier alpha value is -2.34. The minimum Gasteiger partial charge on any atom is -0.437 e. The van der Waals surface area contributed by atoms with E-state index in [9.17, 15) is 0 Å². The Morgan fingerprint density at radius 1 is 1.28 bits per heavy atom. The van der Waals surface area contributed by atoms with E-state index >= 15 is 0 Å². The first-order valence-electron chi connectivity index (χ1n) is 5.87. The van der Waals surface area contributed by atoms with Gasteiger partial charge in [0.05, 0.1) is 0 Å². The third kappa shape index (κ3) is 2.33. The van der Waals surface area contributed by atoms with Gasteiger partial charge in [0.2, 0.25) is 5.88 Å². The van der Waals surface area contributed by atoms with E-state index in [-0.39, 0.29) is 0 Å². The van der Waals surface area contributed by atoms with Crippen molar-refractivity contribution in [3.63, 3.8) is 0 Å².